The van der Waals surface area contributed by atoms with Crippen LogP contribution < -0.4 is 0 Å². The number of likely N-dealkylation sites (N-methyl/N-ethyl adjacent to an activating group) is 1. The average Bonchev–Trinajstić information content (AvgIpc) is 1.88. The minimum Gasteiger partial charge on any atom is -0.345 e. The molecular weight excluding hydrogens is 132 g/mol. The van der Waals surface area contributed by atoms with Gasteiger partial charge in [-0.1, -0.05) is 6.58 Å². The van der Waals surface area contributed by atoms with E-state index in [4.69, 9.17) is 10.2 Å². The van der Waals surface area contributed by atoms with Crippen LogP contribution in [0.2, 0.25) is 0 Å². The second-order valence-electron chi connectivity index (χ2n) is 1.54. The molecule has 10 heavy (non-hydrogen) atoms. The Hall–Kier alpha value is -1.41. The van der Waals surface area contributed by atoms with Gasteiger partial charge in [-0.2, -0.15) is 0 Å². The number of amides is 1. The SMILES string of the molecule is C=CC(=O)N(C)C.N=C=O. The van der Waals surface area contributed by atoms with Gasteiger partial charge in [0, 0.05) is 14.1 Å². The van der Waals surface area contributed by atoms with Crippen molar-refractivity contribution in [3.63, 3.8) is 0 Å². The van der Waals surface area contributed by atoms with E-state index in [-0.39, 0.29) is 5.91 Å². The van der Waals surface area contributed by atoms with E-state index in [0.717, 1.165) is 6.08 Å². The molecule has 0 aliphatic rings. The van der Waals surface area contributed by atoms with Crippen molar-refractivity contribution >= 4 is 12.0 Å². The first-order valence-electron chi connectivity index (χ1n) is 2.47. The summed E-state index contributed by atoms with van der Waals surface area (Å²) in [4.78, 5) is 20.1. The van der Waals surface area contributed by atoms with Crippen LogP contribution in [0.15, 0.2) is 12.7 Å². The summed E-state index contributed by atoms with van der Waals surface area (Å²) in [5.74, 6) is -0.0556. The van der Waals surface area contributed by atoms with Crippen molar-refractivity contribution in [1.82, 2.24) is 4.90 Å². The van der Waals surface area contributed by atoms with E-state index >= 15 is 0 Å². The Kier molecular flexibility index (Phi) is 8.65. The van der Waals surface area contributed by atoms with Crippen molar-refractivity contribution in [2.75, 3.05) is 14.1 Å². The van der Waals surface area contributed by atoms with E-state index < -0.39 is 0 Å². The Morgan fingerprint density at radius 2 is 2.00 bits per heavy atom. The van der Waals surface area contributed by atoms with Crippen LogP contribution in [0, 0.1) is 5.41 Å². The molecule has 1 amide bonds. The molecule has 4 nitrogen and oxygen atoms in total. The summed E-state index contributed by atoms with van der Waals surface area (Å²) >= 11 is 0. The topological polar surface area (TPSA) is 61.2 Å². The summed E-state index contributed by atoms with van der Waals surface area (Å²) in [5, 5.41) is 5.40. The lowest BCUT2D eigenvalue weighted by molar-refractivity contribution is -0.123. The molecule has 56 valence electrons. The molecule has 4 heteroatoms. The molecule has 0 atom stereocenters. The fourth-order valence-electron chi connectivity index (χ4n) is 0.183. The average molecular weight is 142 g/mol. The molecule has 0 bridgehead atoms. The number of isocyanates is 1. The number of carbonyl (C=O) groups excluding carboxylic acids is 2. The smallest absolute Gasteiger partial charge is 0.245 e. The zero-order valence-corrected chi connectivity index (χ0v) is 6.05. The van der Waals surface area contributed by atoms with Gasteiger partial charge in [-0.05, 0) is 6.08 Å². The first-order valence-corrected chi connectivity index (χ1v) is 2.47. The first-order chi connectivity index (χ1) is 4.59. The van der Waals surface area contributed by atoms with Gasteiger partial charge in [-0.15, -0.1) is 0 Å². The number of hydrogen-bond donors (Lipinski definition) is 1. The Morgan fingerprint density at radius 1 is 1.70 bits per heavy atom. The number of nitrogens with one attached hydrogen (secondary N) is 1. The van der Waals surface area contributed by atoms with Crippen LogP contribution in [0.3, 0.4) is 0 Å². The molecule has 0 aromatic rings. The summed E-state index contributed by atoms with van der Waals surface area (Å²) in [7, 11) is 3.37. The van der Waals surface area contributed by atoms with E-state index in [9.17, 15) is 4.79 Å². The van der Waals surface area contributed by atoms with Gasteiger partial charge < -0.3 is 4.90 Å². The highest BCUT2D eigenvalue weighted by Crippen LogP contribution is 1.74. The van der Waals surface area contributed by atoms with E-state index in [1.165, 1.54) is 11.0 Å². The molecule has 0 saturated heterocycles. The Morgan fingerprint density at radius 3 is 2.00 bits per heavy atom. The molecule has 1 N–H and O–H groups in total. The van der Waals surface area contributed by atoms with Gasteiger partial charge >= 0.3 is 0 Å². The molecule has 0 aromatic carbocycles. The van der Waals surface area contributed by atoms with Crippen LogP contribution in [-0.2, 0) is 9.59 Å². The van der Waals surface area contributed by atoms with E-state index in [2.05, 4.69) is 6.58 Å². The highest BCUT2D eigenvalue weighted by Gasteiger charge is 1.91. The molecule has 0 fully saturated rings. The molecule has 0 heterocycles. The minimum atomic E-state index is -0.0556. The zero-order valence-electron chi connectivity index (χ0n) is 6.05. The van der Waals surface area contributed by atoms with Gasteiger partial charge in [0.1, 0.15) is 0 Å². The van der Waals surface area contributed by atoms with Crippen LogP contribution in [0.4, 0.5) is 0 Å². The summed E-state index contributed by atoms with van der Waals surface area (Å²) in [6.45, 7) is 3.29. The van der Waals surface area contributed by atoms with Gasteiger partial charge in [-0.3, -0.25) is 4.79 Å². The maximum atomic E-state index is 10.3. The second kappa shape index (κ2) is 7.59. The highest BCUT2D eigenvalue weighted by atomic mass is 16.2. The normalized spacial score (nSPS) is 6.20. The van der Waals surface area contributed by atoms with Crippen molar-refractivity contribution in [2.45, 2.75) is 0 Å². The van der Waals surface area contributed by atoms with Gasteiger partial charge in [0.05, 0.1) is 0 Å². The van der Waals surface area contributed by atoms with E-state index in [0.29, 0.717) is 0 Å². The summed E-state index contributed by atoms with van der Waals surface area (Å²) in [5.41, 5.74) is 0. The van der Waals surface area contributed by atoms with Crippen molar-refractivity contribution < 1.29 is 9.59 Å². The first kappa shape index (κ1) is 11.4. The van der Waals surface area contributed by atoms with Gasteiger partial charge in [-0.25, -0.2) is 10.2 Å². The minimum absolute atomic E-state index is 0.0556. The number of carbonyl (C=O) groups is 1. The Labute approximate surface area is 59.6 Å². The predicted molar refractivity (Wildman–Crippen MR) is 37.3 cm³/mol. The molecule has 0 aromatic heterocycles. The Bertz CT molecular complexity index is 146. The third-order valence-electron chi connectivity index (χ3n) is 0.615. The summed E-state index contributed by atoms with van der Waals surface area (Å²) in [6, 6.07) is 0. The maximum absolute atomic E-state index is 10.3. The predicted octanol–water partition coefficient (Wildman–Crippen LogP) is 0.162. The van der Waals surface area contributed by atoms with Crippen molar-refractivity contribution in [3.05, 3.63) is 12.7 Å². The number of hydrogen-bond acceptors (Lipinski definition) is 3. The molecule has 0 aliphatic heterocycles. The van der Waals surface area contributed by atoms with Crippen molar-refractivity contribution in [1.29, 1.82) is 5.41 Å². The monoisotopic (exact) mass is 142 g/mol. The summed E-state index contributed by atoms with van der Waals surface area (Å²) in [6.07, 6.45) is 2.03. The van der Waals surface area contributed by atoms with Gasteiger partial charge in [0.25, 0.3) is 0 Å². The largest absolute Gasteiger partial charge is 0.345 e. The zero-order chi connectivity index (χ0) is 8.57. The molecule has 0 radical (unpaired) electrons. The Balaban J connectivity index is 0. The third kappa shape index (κ3) is 9.77. The van der Waals surface area contributed by atoms with Crippen LogP contribution in [-0.4, -0.2) is 31.0 Å². The fraction of sp³-hybridized carbons (Fsp3) is 0.333. The van der Waals surface area contributed by atoms with Gasteiger partial charge in [0.2, 0.25) is 12.0 Å². The molecule has 0 spiro atoms. The van der Waals surface area contributed by atoms with Crippen LogP contribution in [0.1, 0.15) is 0 Å². The van der Waals surface area contributed by atoms with Crippen molar-refractivity contribution in [3.8, 4) is 0 Å². The molecular formula is C6H10N2O2. The van der Waals surface area contributed by atoms with Crippen LogP contribution in [0.5, 0.6) is 0 Å². The molecule has 0 rings (SSSR count). The highest BCUT2D eigenvalue weighted by molar-refractivity contribution is 5.86. The van der Waals surface area contributed by atoms with E-state index in [1.54, 1.807) is 14.1 Å². The van der Waals surface area contributed by atoms with E-state index in [1.807, 2.05) is 0 Å². The van der Waals surface area contributed by atoms with Crippen molar-refractivity contribution in [2.24, 2.45) is 0 Å². The molecule has 0 unspecified atom stereocenters. The lowest BCUT2D eigenvalue weighted by atomic mass is 10.5. The molecule has 0 aliphatic carbocycles. The van der Waals surface area contributed by atoms with Gasteiger partial charge in [0.15, 0.2) is 0 Å². The summed E-state index contributed by atoms with van der Waals surface area (Å²) < 4.78 is 0. The van der Waals surface area contributed by atoms with Crippen LogP contribution >= 0.6 is 0 Å². The maximum Gasteiger partial charge on any atom is 0.245 e. The quantitative estimate of drug-likeness (QED) is 0.322. The third-order valence-corrected chi connectivity index (χ3v) is 0.615. The number of rotatable bonds is 1. The second-order valence-corrected chi connectivity index (χ2v) is 1.54. The fourth-order valence-corrected chi connectivity index (χ4v) is 0.183. The standard InChI is InChI=1S/C5H9NO.CHNO/c1-4-5(7)6(2)3;2-1-3/h4H,1H2,2-3H3;2H. The van der Waals surface area contributed by atoms with Crippen LogP contribution in [0.25, 0.3) is 0 Å². The number of nitrogens with zero attached hydrogens (tertiary/aromatic N) is 1. The molecule has 0 saturated carbocycles. The lowest BCUT2D eigenvalue weighted by Gasteiger charge is -2.03. The lowest BCUT2D eigenvalue weighted by Crippen LogP contribution is -2.18.